The van der Waals surface area contributed by atoms with Gasteiger partial charge in [-0.2, -0.15) is 0 Å². The van der Waals surface area contributed by atoms with E-state index in [0.717, 1.165) is 36.2 Å². The Morgan fingerprint density at radius 3 is 2.43 bits per heavy atom. The van der Waals surface area contributed by atoms with Crippen molar-refractivity contribution in [1.82, 2.24) is 10.2 Å². The van der Waals surface area contributed by atoms with Crippen molar-refractivity contribution < 1.29 is 4.79 Å². The SMILES string of the molecule is Cc1cc(C)cc(NC(=O)NCCCCN2CCCC2)c1. The average molecular weight is 289 g/mol. The van der Waals surface area contributed by atoms with Gasteiger partial charge in [-0.05, 0) is 82.4 Å². The van der Waals surface area contributed by atoms with Crippen LogP contribution in [0.4, 0.5) is 10.5 Å². The van der Waals surface area contributed by atoms with Gasteiger partial charge in [0.15, 0.2) is 0 Å². The molecule has 1 aliphatic heterocycles. The molecule has 0 spiro atoms. The third kappa shape index (κ3) is 5.76. The lowest BCUT2D eigenvalue weighted by Gasteiger charge is -2.14. The van der Waals surface area contributed by atoms with Crippen molar-refractivity contribution in [2.75, 3.05) is 31.5 Å². The first-order valence-corrected chi connectivity index (χ1v) is 7.99. The zero-order chi connectivity index (χ0) is 15.1. The van der Waals surface area contributed by atoms with E-state index in [1.54, 1.807) is 0 Å². The highest BCUT2D eigenvalue weighted by Crippen LogP contribution is 2.13. The van der Waals surface area contributed by atoms with Crippen LogP contribution in [0.3, 0.4) is 0 Å². The molecule has 0 bridgehead atoms. The molecule has 4 nitrogen and oxygen atoms in total. The van der Waals surface area contributed by atoms with Gasteiger partial charge in [0.2, 0.25) is 0 Å². The normalized spacial score (nSPS) is 15.1. The summed E-state index contributed by atoms with van der Waals surface area (Å²) in [6.07, 6.45) is 4.88. The van der Waals surface area contributed by atoms with Crippen molar-refractivity contribution in [2.24, 2.45) is 0 Å². The maximum absolute atomic E-state index is 11.8. The van der Waals surface area contributed by atoms with Crippen LogP contribution in [0.15, 0.2) is 18.2 Å². The Labute approximate surface area is 127 Å². The number of nitrogens with zero attached hydrogens (tertiary/aromatic N) is 1. The maximum Gasteiger partial charge on any atom is 0.319 e. The quantitative estimate of drug-likeness (QED) is 0.789. The lowest BCUT2D eigenvalue weighted by atomic mass is 10.1. The highest BCUT2D eigenvalue weighted by molar-refractivity contribution is 5.89. The molecule has 4 heteroatoms. The molecule has 0 radical (unpaired) electrons. The number of likely N-dealkylation sites (tertiary alicyclic amines) is 1. The number of urea groups is 1. The number of unbranched alkanes of at least 4 members (excludes halogenated alkanes) is 1. The Bertz CT molecular complexity index is 447. The fourth-order valence-electron chi connectivity index (χ4n) is 2.89. The number of nitrogens with one attached hydrogen (secondary N) is 2. The van der Waals surface area contributed by atoms with Crippen LogP contribution in [0.25, 0.3) is 0 Å². The average Bonchev–Trinajstić information content (AvgIpc) is 2.90. The van der Waals surface area contributed by atoms with Crippen LogP contribution in [-0.2, 0) is 0 Å². The van der Waals surface area contributed by atoms with Crippen LogP contribution in [0.1, 0.15) is 36.8 Å². The summed E-state index contributed by atoms with van der Waals surface area (Å²) in [4.78, 5) is 14.3. The molecule has 0 unspecified atom stereocenters. The Morgan fingerprint density at radius 2 is 1.76 bits per heavy atom. The second-order valence-corrected chi connectivity index (χ2v) is 6.01. The molecule has 1 fully saturated rings. The number of anilines is 1. The summed E-state index contributed by atoms with van der Waals surface area (Å²) in [5.74, 6) is 0. The number of amides is 2. The molecule has 2 amide bonds. The minimum Gasteiger partial charge on any atom is -0.338 e. The highest BCUT2D eigenvalue weighted by atomic mass is 16.2. The van der Waals surface area contributed by atoms with Gasteiger partial charge in [-0.3, -0.25) is 0 Å². The van der Waals surface area contributed by atoms with Crippen molar-refractivity contribution in [3.8, 4) is 0 Å². The van der Waals surface area contributed by atoms with E-state index in [9.17, 15) is 4.79 Å². The zero-order valence-corrected chi connectivity index (χ0v) is 13.2. The molecule has 1 aromatic rings. The largest absolute Gasteiger partial charge is 0.338 e. The number of carbonyl (C=O) groups excluding carboxylic acids is 1. The van der Waals surface area contributed by atoms with E-state index in [-0.39, 0.29) is 6.03 Å². The van der Waals surface area contributed by atoms with Crippen molar-refractivity contribution in [3.05, 3.63) is 29.3 Å². The Balaban J connectivity index is 1.60. The summed E-state index contributed by atoms with van der Waals surface area (Å²) in [6.45, 7) is 8.48. The molecule has 0 saturated carbocycles. The van der Waals surface area contributed by atoms with Crippen molar-refractivity contribution in [2.45, 2.75) is 39.5 Å². The Kier molecular flexibility index (Phi) is 6.05. The molecule has 0 aromatic heterocycles. The second kappa shape index (κ2) is 8.03. The third-order valence-electron chi connectivity index (χ3n) is 3.86. The Morgan fingerprint density at radius 1 is 1.10 bits per heavy atom. The van der Waals surface area contributed by atoms with E-state index in [4.69, 9.17) is 0 Å². The number of hydrogen-bond acceptors (Lipinski definition) is 2. The number of hydrogen-bond donors (Lipinski definition) is 2. The summed E-state index contributed by atoms with van der Waals surface area (Å²) < 4.78 is 0. The van der Waals surface area contributed by atoms with E-state index in [2.05, 4.69) is 21.6 Å². The molecule has 1 saturated heterocycles. The van der Waals surface area contributed by atoms with Crippen LogP contribution in [0, 0.1) is 13.8 Å². The van der Waals surface area contributed by atoms with Gasteiger partial charge < -0.3 is 15.5 Å². The summed E-state index contributed by atoms with van der Waals surface area (Å²) >= 11 is 0. The maximum atomic E-state index is 11.8. The molecule has 21 heavy (non-hydrogen) atoms. The molecular weight excluding hydrogens is 262 g/mol. The van der Waals surface area contributed by atoms with Gasteiger partial charge in [0.1, 0.15) is 0 Å². The van der Waals surface area contributed by atoms with E-state index in [1.807, 2.05) is 26.0 Å². The van der Waals surface area contributed by atoms with Gasteiger partial charge in [-0.15, -0.1) is 0 Å². The van der Waals surface area contributed by atoms with Crippen LogP contribution in [-0.4, -0.2) is 37.1 Å². The monoisotopic (exact) mass is 289 g/mol. The van der Waals surface area contributed by atoms with E-state index in [1.165, 1.54) is 32.5 Å². The summed E-state index contributed by atoms with van der Waals surface area (Å²) in [5, 5.41) is 5.82. The van der Waals surface area contributed by atoms with Gasteiger partial charge in [0, 0.05) is 12.2 Å². The zero-order valence-electron chi connectivity index (χ0n) is 13.2. The highest BCUT2D eigenvalue weighted by Gasteiger charge is 2.10. The summed E-state index contributed by atoms with van der Waals surface area (Å²) in [6, 6.07) is 5.96. The lowest BCUT2D eigenvalue weighted by Crippen LogP contribution is -2.30. The fraction of sp³-hybridized carbons (Fsp3) is 0.588. The molecule has 1 aromatic carbocycles. The summed E-state index contributed by atoms with van der Waals surface area (Å²) in [5.41, 5.74) is 3.19. The van der Waals surface area contributed by atoms with Gasteiger partial charge in [-0.25, -0.2) is 4.79 Å². The minimum atomic E-state index is -0.110. The molecule has 2 rings (SSSR count). The lowest BCUT2D eigenvalue weighted by molar-refractivity contribution is 0.251. The standard InChI is InChI=1S/C17H27N3O/c1-14-11-15(2)13-16(12-14)19-17(21)18-7-3-4-8-20-9-5-6-10-20/h11-13H,3-10H2,1-2H3,(H2,18,19,21). The predicted molar refractivity (Wildman–Crippen MR) is 87.8 cm³/mol. The van der Waals surface area contributed by atoms with Gasteiger partial charge in [0.05, 0.1) is 0 Å². The van der Waals surface area contributed by atoms with Crippen molar-refractivity contribution in [1.29, 1.82) is 0 Å². The number of rotatable bonds is 6. The molecule has 1 aliphatic rings. The van der Waals surface area contributed by atoms with Gasteiger partial charge >= 0.3 is 6.03 Å². The van der Waals surface area contributed by atoms with Crippen LogP contribution >= 0.6 is 0 Å². The first kappa shape index (κ1) is 15.8. The van der Waals surface area contributed by atoms with Crippen LogP contribution < -0.4 is 10.6 Å². The van der Waals surface area contributed by atoms with E-state index >= 15 is 0 Å². The second-order valence-electron chi connectivity index (χ2n) is 6.01. The first-order chi connectivity index (χ1) is 10.1. The molecule has 0 atom stereocenters. The number of carbonyl (C=O) groups is 1. The van der Waals surface area contributed by atoms with Crippen LogP contribution in [0.2, 0.25) is 0 Å². The topological polar surface area (TPSA) is 44.4 Å². The molecule has 1 heterocycles. The number of benzene rings is 1. The smallest absolute Gasteiger partial charge is 0.319 e. The Hall–Kier alpha value is -1.55. The van der Waals surface area contributed by atoms with E-state index < -0.39 is 0 Å². The first-order valence-electron chi connectivity index (χ1n) is 7.99. The fourth-order valence-corrected chi connectivity index (χ4v) is 2.89. The molecule has 0 aliphatic carbocycles. The van der Waals surface area contributed by atoms with Crippen molar-refractivity contribution in [3.63, 3.8) is 0 Å². The van der Waals surface area contributed by atoms with E-state index in [0.29, 0.717) is 0 Å². The van der Waals surface area contributed by atoms with Gasteiger partial charge in [-0.1, -0.05) is 6.07 Å². The minimum absolute atomic E-state index is 0.110. The van der Waals surface area contributed by atoms with Crippen molar-refractivity contribution >= 4 is 11.7 Å². The van der Waals surface area contributed by atoms with Crippen LogP contribution in [0.5, 0.6) is 0 Å². The molecular formula is C17H27N3O. The predicted octanol–water partition coefficient (Wildman–Crippen LogP) is 3.30. The number of aryl methyl sites for hydroxylation is 2. The third-order valence-corrected chi connectivity index (χ3v) is 3.86. The summed E-state index contributed by atoms with van der Waals surface area (Å²) in [7, 11) is 0. The molecule has 2 N–H and O–H groups in total. The van der Waals surface area contributed by atoms with Gasteiger partial charge in [0.25, 0.3) is 0 Å². The molecule has 116 valence electrons.